The molecule has 8 nitrogen and oxygen atoms in total. The number of rotatable bonds is 0. The summed E-state index contributed by atoms with van der Waals surface area (Å²) in [6.45, 7) is 9.00. The average Bonchev–Trinajstić information content (AvgIpc) is 2.17. The molecule has 330 valence electrons. The molecule has 0 aliphatic rings. The van der Waals surface area contributed by atoms with E-state index in [0.29, 0.717) is 0 Å². The Kier molecular flexibility index (Phi) is 25.5. The standard InChI is InChI=1S/2CO.2Ag.6F5HOTe.Ti/c2*1-2;;;6*1-7(2,3,4,5)6;/h;;;;6*6H;/q;;2*+1;;;;;;;+2. The van der Waals surface area contributed by atoms with E-state index in [-0.39, 0.29) is 66.5 Å². The molecule has 6 N–H and O–H groups in total. The van der Waals surface area contributed by atoms with Crippen molar-refractivity contribution in [2.24, 2.45) is 0 Å². The van der Waals surface area contributed by atoms with Gasteiger partial charge in [-0.15, -0.1) is 0 Å². The van der Waals surface area contributed by atoms with Crippen LogP contribution in [0.15, 0.2) is 0 Å². The maximum Gasteiger partial charge on any atom is 2.00 e. The van der Waals surface area contributed by atoms with Crippen LogP contribution in [-0.2, 0) is 75.8 Å². The molecule has 0 aliphatic carbocycles. The van der Waals surface area contributed by atoms with Gasteiger partial charge in [0, 0.05) is 0 Å². The molecule has 0 radical (unpaired) electrons. The topological polar surface area (TPSA) is 161 Å². The van der Waals surface area contributed by atoms with Gasteiger partial charge in [0.1, 0.15) is 0 Å². The molecule has 0 unspecified atom stereocenters. The van der Waals surface area contributed by atoms with E-state index in [1.807, 2.05) is 0 Å². The molecule has 0 aromatic heterocycles. The van der Waals surface area contributed by atoms with Gasteiger partial charge in [0.25, 0.3) is 0 Å². The molecule has 0 spiro atoms. The Morgan fingerprint density at radius 2 is 0.224 bits per heavy atom. The summed E-state index contributed by atoms with van der Waals surface area (Å²) in [6, 6.07) is 0. The molecule has 0 saturated carbocycles. The van der Waals surface area contributed by atoms with Crippen molar-refractivity contribution in [3.8, 4) is 0 Å². The molecular formula is C2H6Ag2F30O8Te6Ti+4. The van der Waals surface area contributed by atoms with Crippen LogP contribution >= 0.6 is 0 Å². The largest absolute Gasteiger partial charge is 2.00 e. The predicted octanol–water partition coefficient (Wildman–Crippen LogP) is 6.90. The van der Waals surface area contributed by atoms with Crippen molar-refractivity contribution in [3.05, 3.63) is 13.3 Å². The molecular weight excluding hydrogens is 1750 g/mol. The van der Waals surface area contributed by atoms with Gasteiger partial charge in [-0.1, -0.05) is 0 Å². The van der Waals surface area contributed by atoms with Crippen LogP contribution in [0.25, 0.3) is 0 Å². The zero-order chi connectivity index (χ0) is 42.4. The van der Waals surface area contributed by atoms with Crippen LogP contribution < -0.4 is 0 Å². The summed E-state index contributed by atoms with van der Waals surface area (Å²) in [5, 5.41) is 0. The molecule has 0 saturated heterocycles. The van der Waals surface area contributed by atoms with Gasteiger partial charge in [0.2, 0.25) is 0 Å². The smallest absolute Gasteiger partial charge is 2.00 e. The normalized spacial score (nSPS) is 19.9. The van der Waals surface area contributed by atoms with Gasteiger partial charge in [-0.25, -0.2) is 0 Å². The molecule has 49 heavy (non-hydrogen) atoms. The Morgan fingerprint density at radius 1 is 0.224 bits per heavy atom. The SMILES string of the molecule is O[Te](F)(F)(F)(F)F.O[Te](F)(F)(F)(F)F.O[Te](F)(F)(F)(F)F.O[Te](F)(F)(F)(F)F.O[Te](F)(F)(F)(F)F.O[Te](F)(F)(F)(F)F.[Ag+].[Ag+].[C-]#[O+].[C-]#[O+].[Ti+2]. The molecule has 47 heteroatoms. The second-order valence-corrected chi connectivity index (χ2v) is 37.4. The minimum atomic E-state index is -10.7. The predicted molar refractivity (Wildman–Crippen MR) is 88.9 cm³/mol. The Labute approximate surface area is 304 Å². The number of hydrogen-bond acceptors (Lipinski definition) is 6. The van der Waals surface area contributed by atoms with Crippen LogP contribution in [-0.4, -0.2) is 133 Å². The quantitative estimate of drug-likeness (QED) is 0.0671. The van der Waals surface area contributed by atoms with Crippen molar-refractivity contribution in [2.45, 2.75) is 0 Å². The molecule has 0 aliphatic heterocycles. The summed E-state index contributed by atoms with van der Waals surface area (Å²) in [7, 11) is 0. The fraction of sp³-hybridized carbons (Fsp3) is 0. The van der Waals surface area contributed by atoms with E-state index in [0.717, 1.165) is 0 Å². The van der Waals surface area contributed by atoms with Gasteiger partial charge >= 0.3 is 309 Å². The molecule has 0 bridgehead atoms. The third-order valence-electron chi connectivity index (χ3n) is 0. The molecule has 0 heterocycles. The van der Waals surface area contributed by atoms with Crippen molar-refractivity contribution < 1.29 is 183 Å². The van der Waals surface area contributed by atoms with Crippen molar-refractivity contribution >= 4 is 112 Å². The van der Waals surface area contributed by atoms with E-state index >= 15 is 0 Å². The zero-order valence-corrected chi connectivity index (χ0v) is 37.9. The van der Waals surface area contributed by atoms with Crippen LogP contribution in [0.1, 0.15) is 0 Å². The Morgan fingerprint density at radius 3 is 0.224 bits per heavy atom. The van der Waals surface area contributed by atoms with Gasteiger partial charge in [-0.05, 0) is 0 Å². The maximum absolute atomic E-state index is 10.7. The molecule has 0 fully saturated rings. The third-order valence-corrected chi connectivity index (χ3v) is 0. The van der Waals surface area contributed by atoms with E-state index in [2.05, 4.69) is 13.3 Å². The van der Waals surface area contributed by atoms with Gasteiger partial charge < -0.3 is 0 Å². The fourth-order valence-corrected chi connectivity index (χ4v) is 0. The second kappa shape index (κ2) is 15.3. The van der Waals surface area contributed by atoms with E-state index in [1.54, 1.807) is 0 Å². The second-order valence-electron chi connectivity index (χ2n) is 5.57. The zero-order valence-electron chi connectivity index (χ0n) is 19.4. The maximum atomic E-state index is 10.1. The monoisotopic (exact) mass is 1770 g/mol. The minimum Gasteiger partial charge on any atom is 2.00 e. The molecule has 0 atom stereocenters. The van der Waals surface area contributed by atoms with Crippen LogP contribution in [0.4, 0.5) is 86.8 Å². The summed E-state index contributed by atoms with van der Waals surface area (Å²) in [5.41, 5.74) is 0. The van der Waals surface area contributed by atoms with E-state index in [9.17, 15) is 86.8 Å². The summed E-state index contributed by atoms with van der Waals surface area (Å²) in [4.78, 5) is 0. The van der Waals surface area contributed by atoms with Crippen molar-refractivity contribution in [2.75, 3.05) is 0 Å². The van der Waals surface area contributed by atoms with Gasteiger partial charge in [0.15, 0.2) is 0 Å². The van der Waals surface area contributed by atoms with Crippen LogP contribution in [0, 0.1) is 13.3 Å². The Bertz CT molecular complexity index is 749. The van der Waals surface area contributed by atoms with Crippen LogP contribution in [0.5, 0.6) is 0 Å². The molecule has 0 aromatic rings. The molecule has 0 rings (SSSR count). The first-order valence-electron chi connectivity index (χ1n) is 6.13. The Balaban J connectivity index is -0.0000000380. The van der Waals surface area contributed by atoms with Crippen molar-refractivity contribution in [3.63, 3.8) is 0 Å². The van der Waals surface area contributed by atoms with E-state index in [1.165, 1.54) is 0 Å². The summed E-state index contributed by atoms with van der Waals surface area (Å²) < 4.78 is 357. The van der Waals surface area contributed by atoms with E-state index in [4.69, 9.17) is 30.1 Å². The molecule has 0 amide bonds. The first-order chi connectivity index (χ1) is 16.7. The van der Waals surface area contributed by atoms with Gasteiger partial charge in [-0.3, -0.25) is 0 Å². The third kappa shape index (κ3) is 7870. The summed E-state index contributed by atoms with van der Waals surface area (Å²) in [6.07, 6.45) is 0. The Hall–Kier alpha value is 4.07. The van der Waals surface area contributed by atoms with Crippen LogP contribution in [0.3, 0.4) is 0 Å². The number of hydrogen-bond donors (Lipinski definition) is 6. The van der Waals surface area contributed by atoms with Gasteiger partial charge in [0.05, 0.1) is 0 Å². The number of halogens is 30. The van der Waals surface area contributed by atoms with Gasteiger partial charge in [-0.2, -0.15) is 0 Å². The minimum absolute atomic E-state index is 0. The van der Waals surface area contributed by atoms with Crippen LogP contribution in [0.2, 0.25) is 0 Å². The summed E-state index contributed by atoms with van der Waals surface area (Å²) in [5.74, 6) is 0. The first kappa shape index (κ1) is 81.3. The summed E-state index contributed by atoms with van der Waals surface area (Å²) >= 11 is -64.1. The average molecular weight is 1760 g/mol. The van der Waals surface area contributed by atoms with Crippen molar-refractivity contribution in [1.29, 1.82) is 0 Å². The first-order valence-corrected chi connectivity index (χ1v) is 38.8. The fourth-order valence-electron chi connectivity index (χ4n) is 0. The van der Waals surface area contributed by atoms with Crippen molar-refractivity contribution in [1.82, 2.24) is 0 Å². The van der Waals surface area contributed by atoms with E-state index < -0.39 is 112 Å². The molecule has 0 aromatic carbocycles.